The molecule has 0 saturated carbocycles. The molecule has 0 saturated heterocycles. The van der Waals surface area contributed by atoms with E-state index in [1.54, 1.807) is 0 Å². The van der Waals surface area contributed by atoms with E-state index in [0.717, 1.165) is 25.8 Å². The van der Waals surface area contributed by atoms with Crippen LogP contribution in [0.1, 0.15) is 40.0 Å². The first-order chi connectivity index (χ1) is 7.97. The zero-order valence-corrected chi connectivity index (χ0v) is 11.7. The van der Waals surface area contributed by atoms with Gasteiger partial charge in [0.05, 0.1) is 13.2 Å². The minimum atomic E-state index is -0.140. The normalized spacial score (nSPS) is 13.1. The Labute approximate surface area is 105 Å². The zero-order valence-electron chi connectivity index (χ0n) is 11.7. The number of carbonyl (C=O) groups excluding carboxylic acids is 1. The van der Waals surface area contributed by atoms with E-state index < -0.39 is 0 Å². The molecule has 0 bridgehead atoms. The highest BCUT2D eigenvalue weighted by Gasteiger charge is 2.11. The highest BCUT2D eigenvalue weighted by atomic mass is 16.5. The maximum absolute atomic E-state index is 11.4. The Hall–Kier alpha value is -0.610. The first-order valence-corrected chi connectivity index (χ1v) is 6.57. The van der Waals surface area contributed by atoms with Crippen LogP contribution in [0.25, 0.3) is 0 Å². The van der Waals surface area contributed by atoms with Crippen molar-refractivity contribution in [1.82, 2.24) is 4.90 Å². The molecule has 0 aromatic heterocycles. The number of hydrogen-bond acceptors (Lipinski definition) is 4. The summed E-state index contributed by atoms with van der Waals surface area (Å²) in [6.07, 6.45) is 2.90. The highest BCUT2D eigenvalue weighted by Crippen LogP contribution is 2.03. The molecule has 4 heteroatoms. The van der Waals surface area contributed by atoms with Crippen molar-refractivity contribution in [2.45, 2.75) is 46.1 Å². The summed E-state index contributed by atoms with van der Waals surface area (Å²) in [5.74, 6) is 0.346. The van der Waals surface area contributed by atoms with E-state index in [2.05, 4.69) is 20.8 Å². The Morgan fingerprint density at radius 3 is 2.59 bits per heavy atom. The minimum Gasteiger partial charge on any atom is -0.465 e. The van der Waals surface area contributed by atoms with Crippen LogP contribution < -0.4 is 5.73 Å². The lowest BCUT2D eigenvalue weighted by atomic mass is 10.0. The maximum atomic E-state index is 11.4. The molecule has 0 heterocycles. The fourth-order valence-electron chi connectivity index (χ4n) is 1.38. The summed E-state index contributed by atoms with van der Waals surface area (Å²) in [5, 5.41) is 0. The van der Waals surface area contributed by atoms with Crippen LogP contribution in [0.2, 0.25) is 0 Å². The summed E-state index contributed by atoms with van der Waals surface area (Å²) >= 11 is 0. The Kier molecular flexibility index (Phi) is 9.09. The number of nitrogens with two attached hydrogens (primary N) is 1. The largest absolute Gasteiger partial charge is 0.465 e. The highest BCUT2D eigenvalue weighted by molar-refractivity contribution is 5.71. The molecule has 4 nitrogen and oxygen atoms in total. The molecule has 0 rings (SSSR count). The standard InChI is InChI=1S/C13H28N2O2/c1-5-6-9-17-13(16)10-15(4)8-7-12(14)11(2)3/h11-12H,5-10,14H2,1-4H3. The molecule has 0 fully saturated rings. The summed E-state index contributed by atoms with van der Waals surface area (Å²) in [7, 11) is 1.92. The number of carbonyl (C=O) groups is 1. The zero-order chi connectivity index (χ0) is 13.3. The molecule has 0 aromatic rings. The van der Waals surface area contributed by atoms with Gasteiger partial charge in [0.1, 0.15) is 0 Å². The van der Waals surface area contributed by atoms with Crippen LogP contribution in [0.4, 0.5) is 0 Å². The van der Waals surface area contributed by atoms with Crippen molar-refractivity contribution in [3.05, 3.63) is 0 Å². The van der Waals surface area contributed by atoms with Gasteiger partial charge in [-0.15, -0.1) is 0 Å². The third-order valence-electron chi connectivity index (χ3n) is 2.86. The third kappa shape index (κ3) is 9.12. The van der Waals surface area contributed by atoms with Gasteiger partial charge in [0.2, 0.25) is 0 Å². The Morgan fingerprint density at radius 1 is 1.41 bits per heavy atom. The first kappa shape index (κ1) is 16.4. The van der Waals surface area contributed by atoms with E-state index in [9.17, 15) is 4.79 Å². The number of hydrogen-bond donors (Lipinski definition) is 1. The molecule has 102 valence electrons. The van der Waals surface area contributed by atoms with Crippen molar-refractivity contribution in [3.63, 3.8) is 0 Å². The lowest BCUT2D eigenvalue weighted by Gasteiger charge is -2.20. The molecule has 1 atom stereocenters. The Bertz CT molecular complexity index is 208. The quantitative estimate of drug-likeness (QED) is 0.495. The van der Waals surface area contributed by atoms with E-state index in [1.165, 1.54) is 0 Å². The van der Waals surface area contributed by atoms with Gasteiger partial charge in [0.15, 0.2) is 0 Å². The number of likely N-dealkylation sites (N-methyl/N-ethyl adjacent to an activating group) is 1. The second-order valence-electron chi connectivity index (χ2n) is 5.01. The minimum absolute atomic E-state index is 0.140. The summed E-state index contributed by atoms with van der Waals surface area (Å²) in [5.41, 5.74) is 5.95. The van der Waals surface area contributed by atoms with Gasteiger partial charge in [-0.2, -0.15) is 0 Å². The van der Waals surface area contributed by atoms with E-state index in [-0.39, 0.29) is 12.0 Å². The summed E-state index contributed by atoms with van der Waals surface area (Å²) in [4.78, 5) is 13.4. The van der Waals surface area contributed by atoms with Crippen LogP contribution in [0.3, 0.4) is 0 Å². The van der Waals surface area contributed by atoms with Crippen molar-refractivity contribution >= 4 is 5.97 Å². The molecule has 2 N–H and O–H groups in total. The fraction of sp³-hybridized carbons (Fsp3) is 0.923. The average molecular weight is 244 g/mol. The van der Waals surface area contributed by atoms with Crippen molar-refractivity contribution in [3.8, 4) is 0 Å². The maximum Gasteiger partial charge on any atom is 0.320 e. The van der Waals surface area contributed by atoms with Gasteiger partial charge in [-0.25, -0.2) is 0 Å². The Morgan fingerprint density at radius 2 is 2.06 bits per heavy atom. The molecular formula is C13H28N2O2. The van der Waals surface area contributed by atoms with Gasteiger partial charge in [0.25, 0.3) is 0 Å². The van der Waals surface area contributed by atoms with Crippen LogP contribution in [0, 0.1) is 5.92 Å². The van der Waals surface area contributed by atoms with E-state index >= 15 is 0 Å². The number of rotatable bonds is 9. The van der Waals surface area contributed by atoms with Gasteiger partial charge in [0, 0.05) is 6.04 Å². The van der Waals surface area contributed by atoms with Crippen LogP contribution in [0.5, 0.6) is 0 Å². The van der Waals surface area contributed by atoms with Gasteiger partial charge >= 0.3 is 5.97 Å². The summed E-state index contributed by atoms with van der Waals surface area (Å²) in [6.45, 7) is 8.03. The monoisotopic (exact) mass is 244 g/mol. The molecule has 0 aliphatic heterocycles. The van der Waals surface area contributed by atoms with Crippen LogP contribution in [-0.2, 0) is 9.53 Å². The van der Waals surface area contributed by atoms with E-state index in [1.807, 2.05) is 11.9 Å². The molecule has 0 aliphatic carbocycles. The Balaban J connectivity index is 3.63. The number of nitrogens with zero attached hydrogens (tertiary/aromatic N) is 1. The molecule has 17 heavy (non-hydrogen) atoms. The number of unbranched alkanes of at least 4 members (excludes halogenated alkanes) is 1. The third-order valence-corrected chi connectivity index (χ3v) is 2.86. The lowest BCUT2D eigenvalue weighted by molar-refractivity contribution is -0.144. The first-order valence-electron chi connectivity index (χ1n) is 6.57. The summed E-state index contributed by atoms with van der Waals surface area (Å²) in [6, 6.07) is 0.202. The number of esters is 1. The van der Waals surface area contributed by atoms with Crippen molar-refractivity contribution in [2.24, 2.45) is 11.7 Å². The summed E-state index contributed by atoms with van der Waals surface area (Å²) < 4.78 is 5.10. The van der Waals surface area contributed by atoms with Gasteiger partial charge < -0.3 is 10.5 Å². The molecule has 0 spiro atoms. The van der Waals surface area contributed by atoms with Crippen LogP contribution in [0.15, 0.2) is 0 Å². The molecule has 0 aromatic carbocycles. The van der Waals surface area contributed by atoms with Gasteiger partial charge in [-0.1, -0.05) is 27.2 Å². The topological polar surface area (TPSA) is 55.6 Å². The van der Waals surface area contributed by atoms with Crippen molar-refractivity contribution < 1.29 is 9.53 Å². The van der Waals surface area contributed by atoms with E-state index in [4.69, 9.17) is 10.5 Å². The molecule has 0 aliphatic rings. The lowest BCUT2D eigenvalue weighted by Crippen LogP contribution is -2.34. The second kappa shape index (κ2) is 9.42. The molecule has 1 unspecified atom stereocenters. The van der Waals surface area contributed by atoms with Crippen molar-refractivity contribution in [2.75, 3.05) is 26.7 Å². The molecule has 0 radical (unpaired) electrons. The second-order valence-corrected chi connectivity index (χ2v) is 5.01. The fourth-order valence-corrected chi connectivity index (χ4v) is 1.38. The van der Waals surface area contributed by atoms with Gasteiger partial charge in [-0.3, -0.25) is 9.69 Å². The smallest absolute Gasteiger partial charge is 0.320 e. The molecule has 0 amide bonds. The van der Waals surface area contributed by atoms with E-state index in [0.29, 0.717) is 19.1 Å². The predicted molar refractivity (Wildman–Crippen MR) is 70.8 cm³/mol. The van der Waals surface area contributed by atoms with Crippen LogP contribution in [-0.4, -0.2) is 43.7 Å². The predicted octanol–water partition coefficient (Wildman–Crippen LogP) is 1.63. The SMILES string of the molecule is CCCCOC(=O)CN(C)CCC(N)C(C)C. The average Bonchev–Trinajstić information content (AvgIpc) is 2.26. The van der Waals surface area contributed by atoms with Gasteiger partial charge in [-0.05, 0) is 32.4 Å². The van der Waals surface area contributed by atoms with Crippen LogP contribution >= 0.6 is 0 Å². The van der Waals surface area contributed by atoms with Crippen molar-refractivity contribution in [1.29, 1.82) is 0 Å². The molecular weight excluding hydrogens is 216 g/mol. The number of ether oxygens (including phenoxy) is 1.